The fraction of sp³-hybridized carbons (Fsp3) is 0.300. The van der Waals surface area contributed by atoms with Crippen molar-refractivity contribution in [3.63, 3.8) is 0 Å². The van der Waals surface area contributed by atoms with E-state index in [0.29, 0.717) is 5.58 Å². The number of benzene rings is 1. The van der Waals surface area contributed by atoms with E-state index >= 15 is 0 Å². The number of rotatable bonds is 3. The lowest BCUT2D eigenvalue weighted by Gasteiger charge is -2.12. The van der Waals surface area contributed by atoms with E-state index in [1.54, 1.807) is 0 Å². The number of nitrogens with zero attached hydrogens (tertiary/aromatic N) is 1. The van der Waals surface area contributed by atoms with Crippen LogP contribution in [-0.4, -0.2) is 22.4 Å². The highest BCUT2D eigenvalue weighted by atomic mass is 79.9. The summed E-state index contributed by atoms with van der Waals surface area (Å²) >= 11 is 3.38. The molecule has 0 saturated carbocycles. The first-order valence-electron chi connectivity index (χ1n) is 4.55. The van der Waals surface area contributed by atoms with Crippen molar-refractivity contribution in [1.82, 2.24) is 9.88 Å². The Labute approximate surface area is 95.0 Å². The van der Waals surface area contributed by atoms with Crippen molar-refractivity contribution in [2.75, 3.05) is 12.5 Å². The molecule has 5 heteroatoms. The standard InChI is InChI=1S/C10H11BrN2O2/c1-13(6-11)5-7-2-3-9-8(4-7)12-10(14)15-9/h2-4H,5-6H2,1H3,(H,12,14). The molecule has 0 amide bonds. The second kappa shape index (κ2) is 4.20. The van der Waals surface area contributed by atoms with Crippen molar-refractivity contribution < 1.29 is 4.42 Å². The van der Waals surface area contributed by atoms with E-state index in [1.807, 2.05) is 25.2 Å². The van der Waals surface area contributed by atoms with Gasteiger partial charge in [0.05, 0.1) is 11.0 Å². The van der Waals surface area contributed by atoms with Crippen LogP contribution >= 0.6 is 15.9 Å². The van der Waals surface area contributed by atoms with Crippen molar-refractivity contribution >= 4 is 27.0 Å². The number of alkyl halides is 1. The van der Waals surface area contributed by atoms with Gasteiger partial charge in [-0.1, -0.05) is 22.0 Å². The van der Waals surface area contributed by atoms with Gasteiger partial charge in [0.1, 0.15) is 0 Å². The summed E-state index contributed by atoms with van der Waals surface area (Å²) in [6.45, 7) is 0.828. The Kier molecular flexibility index (Phi) is 2.93. The van der Waals surface area contributed by atoms with Gasteiger partial charge in [0.25, 0.3) is 0 Å². The second-order valence-electron chi connectivity index (χ2n) is 3.48. The minimum Gasteiger partial charge on any atom is -0.408 e. The number of hydrogen-bond acceptors (Lipinski definition) is 3. The molecule has 0 fully saturated rings. The van der Waals surface area contributed by atoms with E-state index in [2.05, 4.69) is 25.8 Å². The summed E-state index contributed by atoms with van der Waals surface area (Å²) in [5.74, 6) is -0.406. The summed E-state index contributed by atoms with van der Waals surface area (Å²) < 4.78 is 4.92. The lowest BCUT2D eigenvalue weighted by atomic mass is 10.2. The molecule has 4 nitrogen and oxygen atoms in total. The molecular weight excluding hydrogens is 260 g/mol. The predicted octanol–water partition coefficient (Wildman–Crippen LogP) is 1.91. The van der Waals surface area contributed by atoms with Gasteiger partial charge in [-0.05, 0) is 24.7 Å². The summed E-state index contributed by atoms with van der Waals surface area (Å²) in [4.78, 5) is 15.7. The highest BCUT2D eigenvalue weighted by Gasteiger charge is 2.03. The summed E-state index contributed by atoms with van der Waals surface area (Å²) in [6.07, 6.45) is 0. The first-order valence-corrected chi connectivity index (χ1v) is 5.67. The van der Waals surface area contributed by atoms with Gasteiger partial charge < -0.3 is 4.42 Å². The average molecular weight is 271 g/mol. The quantitative estimate of drug-likeness (QED) is 0.685. The van der Waals surface area contributed by atoms with Crippen LogP contribution in [0.3, 0.4) is 0 Å². The maximum absolute atomic E-state index is 10.9. The third-order valence-corrected chi connectivity index (χ3v) is 3.00. The minimum absolute atomic E-state index is 0.406. The molecule has 0 radical (unpaired) electrons. The Balaban J connectivity index is 2.34. The Morgan fingerprint density at radius 2 is 2.33 bits per heavy atom. The topological polar surface area (TPSA) is 49.2 Å². The maximum atomic E-state index is 10.9. The monoisotopic (exact) mass is 270 g/mol. The zero-order valence-electron chi connectivity index (χ0n) is 8.29. The Hall–Kier alpha value is -1.07. The van der Waals surface area contributed by atoms with E-state index in [1.165, 1.54) is 0 Å². The summed E-state index contributed by atoms with van der Waals surface area (Å²) in [5, 5.41) is 0. The average Bonchev–Trinajstić information content (AvgIpc) is 2.57. The summed E-state index contributed by atoms with van der Waals surface area (Å²) in [5.41, 5.74) is 3.31. The van der Waals surface area contributed by atoms with E-state index in [4.69, 9.17) is 4.42 Å². The molecule has 2 rings (SSSR count). The predicted molar refractivity (Wildman–Crippen MR) is 62.1 cm³/mol. The molecule has 2 aromatic rings. The van der Waals surface area contributed by atoms with Gasteiger partial charge in [-0.25, -0.2) is 4.79 Å². The number of oxazole rings is 1. The SMILES string of the molecule is CN(CBr)Cc1ccc2oc(=O)[nH]c2c1. The van der Waals surface area contributed by atoms with E-state index in [0.717, 1.165) is 23.1 Å². The first kappa shape index (κ1) is 10.4. The van der Waals surface area contributed by atoms with Crippen LogP contribution in [0.2, 0.25) is 0 Å². The van der Waals surface area contributed by atoms with Crippen LogP contribution in [0.25, 0.3) is 11.1 Å². The molecule has 0 spiro atoms. The third-order valence-electron chi connectivity index (χ3n) is 2.14. The van der Waals surface area contributed by atoms with Gasteiger partial charge in [-0.3, -0.25) is 9.88 Å². The Morgan fingerprint density at radius 1 is 1.53 bits per heavy atom. The molecule has 1 aromatic carbocycles. The van der Waals surface area contributed by atoms with Gasteiger partial charge in [0, 0.05) is 6.54 Å². The van der Waals surface area contributed by atoms with Crippen molar-refractivity contribution in [2.45, 2.75) is 6.54 Å². The number of aromatic amines is 1. The number of fused-ring (bicyclic) bond motifs is 1. The number of nitrogens with one attached hydrogen (secondary N) is 1. The molecule has 1 aromatic heterocycles. The largest absolute Gasteiger partial charge is 0.417 e. The second-order valence-corrected chi connectivity index (χ2v) is 3.98. The lowest BCUT2D eigenvalue weighted by molar-refractivity contribution is 0.390. The van der Waals surface area contributed by atoms with Crippen LogP contribution in [0.1, 0.15) is 5.56 Å². The van der Waals surface area contributed by atoms with Gasteiger partial charge in [-0.15, -0.1) is 0 Å². The zero-order valence-corrected chi connectivity index (χ0v) is 9.87. The number of hydrogen-bond donors (Lipinski definition) is 1. The van der Waals surface area contributed by atoms with Crippen LogP contribution in [0, 0.1) is 0 Å². The molecule has 0 bridgehead atoms. The molecule has 1 heterocycles. The molecule has 15 heavy (non-hydrogen) atoms. The normalized spacial score (nSPS) is 11.4. The Bertz CT molecular complexity index is 517. The molecule has 0 atom stereocenters. The molecule has 0 aliphatic rings. The molecule has 80 valence electrons. The molecule has 0 aliphatic heterocycles. The fourth-order valence-corrected chi connectivity index (χ4v) is 1.63. The third kappa shape index (κ3) is 2.30. The number of halogens is 1. The maximum Gasteiger partial charge on any atom is 0.417 e. The van der Waals surface area contributed by atoms with E-state index in [-0.39, 0.29) is 0 Å². The Morgan fingerprint density at radius 3 is 3.07 bits per heavy atom. The van der Waals surface area contributed by atoms with E-state index < -0.39 is 5.76 Å². The van der Waals surface area contributed by atoms with Crippen LogP contribution in [0.15, 0.2) is 27.4 Å². The fourth-order valence-electron chi connectivity index (χ4n) is 1.45. The van der Waals surface area contributed by atoms with Crippen molar-refractivity contribution in [1.29, 1.82) is 0 Å². The van der Waals surface area contributed by atoms with Gasteiger partial charge in [0.2, 0.25) is 0 Å². The molecule has 0 aliphatic carbocycles. The number of aromatic nitrogens is 1. The number of H-pyrrole nitrogens is 1. The first-order chi connectivity index (χ1) is 7.19. The summed E-state index contributed by atoms with van der Waals surface area (Å²) in [6, 6.07) is 5.70. The molecule has 1 N–H and O–H groups in total. The van der Waals surface area contributed by atoms with Gasteiger partial charge in [-0.2, -0.15) is 0 Å². The highest BCUT2D eigenvalue weighted by Crippen LogP contribution is 2.13. The van der Waals surface area contributed by atoms with Gasteiger partial charge >= 0.3 is 5.76 Å². The smallest absolute Gasteiger partial charge is 0.408 e. The van der Waals surface area contributed by atoms with Crippen LogP contribution < -0.4 is 5.76 Å². The highest BCUT2D eigenvalue weighted by molar-refractivity contribution is 9.09. The minimum atomic E-state index is -0.406. The van der Waals surface area contributed by atoms with Crippen LogP contribution in [-0.2, 0) is 6.54 Å². The van der Waals surface area contributed by atoms with Crippen LogP contribution in [0.4, 0.5) is 0 Å². The van der Waals surface area contributed by atoms with Gasteiger partial charge in [0.15, 0.2) is 5.58 Å². The molecule has 0 unspecified atom stereocenters. The van der Waals surface area contributed by atoms with Crippen molar-refractivity contribution in [3.8, 4) is 0 Å². The van der Waals surface area contributed by atoms with Crippen molar-refractivity contribution in [3.05, 3.63) is 34.3 Å². The molecular formula is C10H11BrN2O2. The van der Waals surface area contributed by atoms with E-state index in [9.17, 15) is 4.79 Å². The molecule has 0 saturated heterocycles. The zero-order chi connectivity index (χ0) is 10.8. The van der Waals surface area contributed by atoms with Crippen LogP contribution in [0.5, 0.6) is 0 Å². The summed E-state index contributed by atoms with van der Waals surface area (Å²) in [7, 11) is 2.01. The van der Waals surface area contributed by atoms with Crippen molar-refractivity contribution in [2.24, 2.45) is 0 Å². The lowest BCUT2D eigenvalue weighted by Crippen LogP contribution is -2.14.